The first-order valence-electron chi connectivity index (χ1n) is 4.30. The SMILES string of the molecule is OCc1c[nH]c2ccc(C(F)(F)F)cc12. The lowest BCUT2D eigenvalue weighted by Crippen LogP contribution is -2.04. The number of halogens is 3. The van der Waals surface area contributed by atoms with Crippen molar-refractivity contribution in [1.29, 1.82) is 0 Å². The number of aromatic amines is 1. The molecule has 80 valence electrons. The molecule has 1 heterocycles. The summed E-state index contributed by atoms with van der Waals surface area (Å²) in [5.74, 6) is 0. The fourth-order valence-electron chi connectivity index (χ4n) is 1.49. The number of hydrogen-bond donors (Lipinski definition) is 2. The molecule has 1 aromatic heterocycles. The van der Waals surface area contributed by atoms with Gasteiger partial charge in [0.2, 0.25) is 0 Å². The smallest absolute Gasteiger partial charge is 0.392 e. The summed E-state index contributed by atoms with van der Waals surface area (Å²) >= 11 is 0. The Hall–Kier alpha value is -1.49. The molecule has 0 saturated heterocycles. The van der Waals surface area contributed by atoms with Gasteiger partial charge in [-0.2, -0.15) is 13.2 Å². The Morgan fingerprint density at radius 1 is 1.27 bits per heavy atom. The van der Waals surface area contributed by atoms with Crippen molar-refractivity contribution in [1.82, 2.24) is 4.98 Å². The number of benzene rings is 1. The summed E-state index contributed by atoms with van der Waals surface area (Å²) in [4.78, 5) is 2.79. The number of nitrogens with one attached hydrogen (secondary N) is 1. The Balaban J connectivity index is 2.63. The minimum absolute atomic E-state index is 0.276. The Morgan fingerprint density at radius 3 is 2.60 bits per heavy atom. The molecule has 0 saturated carbocycles. The fraction of sp³-hybridized carbons (Fsp3) is 0.200. The lowest BCUT2D eigenvalue weighted by molar-refractivity contribution is -0.137. The van der Waals surface area contributed by atoms with Crippen LogP contribution in [-0.2, 0) is 12.8 Å². The van der Waals surface area contributed by atoms with Crippen molar-refractivity contribution >= 4 is 10.9 Å². The minimum atomic E-state index is -4.35. The maximum absolute atomic E-state index is 12.4. The molecular weight excluding hydrogens is 207 g/mol. The van der Waals surface area contributed by atoms with Crippen LogP contribution in [0.15, 0.2) is 24.4 Å². The number of hydrogen-bond acceptors (Lipinski definition) is 1. The first kappa shape index (κ1) is 10.0. The van der Waals surface area contributed by atoms with Crippen LogP contribution in [0.2, 0.25) is 0 Å². The van der Waals surface area contributed by atoms with Crippen LogP contribution in [0, 0.1) is 0 Å². The number of fused-ring (bicyclic) bond motifs is 1. The van der Waals surface area contributed by atoms with Crippen molar-refractivity contribution in [2.75, 3.05) is 0 Å². The Bertz CT molecular complexity index is 487. The van der Waals surface area contributed by atoms with E-state index >= 15 is 0 Å². The van der Waals surface area contributed by atoms with Gasteiger partial charge in [0, 0.05) is 22.7 Å². The number of H-pyrrole nitrogens is 1. The average molecular weight is 215 g/mol. The summed E-state index contributed by atoms with van der Waals surface area (Å²) in [7, 11) is 0. The van der Waals surface area contributed by atoms with Crippen LogP contribution in [0.4, 0.5) is 13.2 Å². The van der Waals surface area contributed by atoms with E-state index in [0.29, 0.717) is 16.5 Å². The van der Waals surface area contributed by atoms with Gasteiger partial charge in [0.05, 0.1) is 12.2 Å². The van der Waals surface area contributed by atoms with Crippen molar-refractivity contribution in [2.45, 2.75) is 12.8 Å². The highest BCUT2D eigenvalue weighted by Gasteiger charge is 2.30. The second kappa shape index (κ2) is 3.27. The zero-order valence-corrected chi connectivity index (χ0v) is 7.60. The molecule has 0 unspecified atom stereocenters. The zero-order chi connectivity index (χ0) is 11.1. The molecule has 0 aliphatic rings. The minimum Gasteiger partial charge on any atom is -0.392 e. The Kier molecular flexibility index (Phi) is 2.19. The van der Waals surface area contributed by atoms with Crippen molar-refractivity contribution in [2.24, 2.45) is 0 Å². The Morgan fingerprint density at radius 2 is 2.00 bits per heavy atom. The first-order valence-corrected chi connectivity index (χ1v) is 4.30. The van der Waals surface area contributed by atoms with E-state index in [1.807, 2.05) is 0 Å². The lowest BCUT2D eigenvalue weighted by Gasteiger charge is -2.06. The van der Waals surface area contributed by atoms with E-state index < -0.39 is 11.7 Å². The predicted molar refractivity (Wildman–Crippen MR) is 49.2 cm³/mol. The maximum Gasteiger partial charge on any atom is 0.416 e. The third-order valence-corrected chi connectivity index (χ3v) is 2.27. The summed E-state index contributed by atoms with van der Waals surface area (Å²) in [6, 6.07) is 3.41. The molecule has 0 fully saturated rings. The van der Waals surface area contributed by atoms with Gasteiger partial charge >= 0.3 is 6.18 Å². The molecule has 0 spiro atoms. The van der Waals surface area contributed by atoms with Gasteiger partial charge in [-0.05, 0) is 18.2 Å². The van der Waals surface area contributed by atoms with Gasteiger partial charge in [-0.15, -0.1) is 0 Å². The molecule has 0 amide bonds. The summed E-state index contributed by atoms with van der Waals surface area (Å²) in [5, 5.41) is 9.33. The van der Waals surface area contributed by atoms with Gasteiger partial charge in [-0.25, -0.2) is 0 Å². The first-order chi connectivity index (χ1) is 7.02. The molecule has 15 heavy (non-hydrogen) atoms. The molecule has 2 aromatic rings. The standard InChI is InChI=1S/C10H8F3NO/c11-10(12,13)7-1-2-9-8(3-7)6(5-15)4-14-9/h1-4,14-15H,5H2. The topological polar surface area (TPSA) is 36.0 Å². The van der Waals surface area contributed by atoms with Crippen LogP contribution in [0.3, 0.4) is 0 Å². The van der Waals surface area contributed by atoms with E-state index in [0.717, 1.165) is 12.1 Å². The fourth-order valence-corrected chi connectivity index (χ4v) is 1.49. The van der Waals surface area contributed by atoms with E-state index in [4.69, 9.17) is 5.11 Å². The number of aromatic nitrogens is 1. The second-order valence-electron chi connectivity index (χ2n) is 3.23. The van der Waals surface area contributed by atoms with E-state index in [-0.39, 0.29) is 6.61 Å². The summed E-state index contributed by atoms with van der Waals surface area (Å²) in [6.45, 7) is -0.276. The largest absolute Gasteiger partial charge is 0.416 e. The quantitative estimate of drug-likeness (QED) is 0.753. The summed E-state index contributed by atoms with van der Waals surface area (Å²) in [6.07, 6.45) is -2.84. The van der Waals surface area contributed by atoms with Crippen LogP contribution in [0.25, 0.3) is 10.9 Å². The monoisotopic (exact) mass is 215 g/mol. The molecule has 0 aliphatic carbocycles. The van der Waals surface area contributed by atoms with Crippen molar-refractivity contribution in [3.05, 3.63) is 35.5 Å². The molecule has 2 nitrogen and oxygen atoms in total. The number of alkyl halides is 3. The van der Waals surface area contributed by atoms with Crippen LogP contribution >= 0.6 is 0 Å². The van der Waals surface area contributed by atoms with Gasteiger partial charge in [-0.1, -0.05) is 0 Å². The number of aliphatic hydroxyl groups excluding tert-OH is 1. The molecule has 0 aliphatic heterocycles. The van der Waals surface area contributed by atoms with Gasteiger partial charge in [0.15, 0.2) is 0 Å². The molecular formula is C10H8F3NO. The van der Waals surface area contributed by atoms with Gasteiger partial charge < -0.3 is 10.1 Å². The molecule has 0 atom stereocenters. The average Bonchev–Trinajstić information content (AvgIpc) is 2.57. The summed E-state index contributed by atoms with van der Waals surface area (Å²) in [5.41, 5.74) is 0.354. The van der Waals surface area contributed by atoms with Crippen LogP contribution < -0.4 is 0 Å². The highest BCUT2D eigenvalue weighted by molar-refractivity contribution is 5.83. The lowest BCUT2D eigenvalue weighted by atomic mass is 10.1. The third kappa shape index (κ3) is 1.70. The van der Waals surface area contributed by atoms with E-state index in [2.05, 4.69) is 4.98 Å². The molecule has 0 radical (unpaired) electrons. The second-order valence-corrected chi connectivity index (χ2v) is 3.23. The van der Waals surface area contributed by atoms with E-state index in [9.17, 15) is 13.2 Å². The van der Waals surface area contributed by atoms with Gasteiger partial charge in [0.25, 0.3) is 0 Å². The van der Waals surface area contributed by atoms with Crippen molar-refractivity contribution in [3.8, 4) is 0 Å². The Labute approximate surface area is 83.3 Å². The van der Waals surface area contributed by atoms with Gasteiger partial charge in [-0.3, -0.25) is 0 Å². The molecule has 2 N–H and O–H groups in total. The molecule has 0 bridgehead atoms. The van der Waals surface area contributed by atoms with Crippen LogP contribution in [-0.4, -0.2) is 10.1 Å². The van der Waals surface area contributed by atoms with Crippen molar-refractivity contribution in [3.63, 3.8) is 0 Å². The molecule has 5 heteroatoms. The number of aliphatic hydroxyl groups is 1. The molecule has 1 aromatic carbocycles. The van der Waals surface area contributed by atoms with Crippen molar-refractivity contribution < 1.29 is 18.3 Å². The normalized spacial score (nSPS) is 12.3. The highest BCUT2D eigenvalue weighted by Crippen LogP contribution is 2.32. The highest BCUT2D eigenvalue weighted by atomic mass is 19.4. The zero-order valence-electron chi connectivity index (χ0n) is 7.60. The van der Waals surface area contributed by atoms with Crippen LogP contribution in [0.5, 0.6) is 0 Å². The number of rotatable bonds is 1. The molecule has 2 rings (SSSR count). The van der Waals surface area contributed by atoms with E-state index in [1.165, 1.54) is 12.3 Å². The van der Waals surface area contributed by atoms with E-state index in [1.54, 1.807) is 0 Å². The maximum atomic E-state index is 12.4. The third-order valence-electron chi connectivity index (χ3n) is 2.27. The van der Waals surface area contributed by atoms with Gasteiger partial charge in [0.1, 0.15) is 0 Å². The predicted octanol–water partition coefficient (Wildman–Crippen LogP) is 2.68. The van der Waals surface area contributed by atoms with Crippen LogP contribution in [0.1, 0.15) is 11.1 Å². The summed E-state index contributed by atoms with van der Waals surface area (Å²) < 4.78 is 37.2.